The van der Waals surface area contributed by atoms with Crippen LogP contribution in [0.3, 0.4) is 0 Å². The van der Waals surface area contributed by atoms with Gasteiger partial charge >= 0.3 is 0 Å². The van der Waals surface area contributed by atoms with Crippen LogP contribution in [0.2, 0.25) is 0 Å². The van der Waals surface area contributed by atoms with E-state index in [1.807, 2.05) is 18.5 Å². The molecule has 0 radical (unpaired) electrons. The normalized spacial score (nSPS) is 20.0. The molecule has 0 saturated carbocycles. The van der Waals surface area contributed by atoms with E-state index in [4.69, 9.17) is 9.72 Å². The maximum atomic E-state index is 5.90. The van der Waals surface area contributed by atoms with Gasteiger partial charge in [-0.1, -0.05) is 6.92 Å². The van der Waals surface area contributed by atoms with Crippen LogP contribution >= 0.6 is 11.3 Å². The summed E-state index contributed by atoms with van der Waals surface area (Å²) in [6.45, 7) is 6.03. The van der Waals surface area contributed by atoms with E-state index in [1.165, 1.54) is 0 Å². The van der Waals surface area contributed by atoms with Crippen molar-refractivity contribution >= 4 is 17.2 Å². The van der Waals surface area contributed by atoms with Crippen molar-refractivity contribution in [3.05, 3.63) is 35.6 Å². The molecule has 4 aromatic heterocycles. The number of anilines is 1. The Balaban J connectivity index is 1.57. The molecule has 2 aliphatic rings. The number of fused-ring (bicyclic) bond motifs is 6. The number of hydrogen-bond acceptors (Lipinski definition) is 9. The highest BCUT2D eigenvalue weighted by Crippen LogP contribution is 2.45. The third-order valence-corrected chi connectivity index (χ3v) is 6.71. The summed E-state index contributed by atoms with van der Waals surface area (Å²) in [5, 5.41) is 18.9. The fourth-order valence-corrected chi connectivity index (χ4v) is 5.05. The number of aromatic amines is 1. The topological polar surface area (TPSA) is 111 Å². The first-order valence-corrected chi connectivity index (χ1v) is 10.7. The van der Waals surface area contributed by atoms with Gasteiger partial charge < -0.3 is 9.64 Å². The lowest BCUT2D eigenvalue weighted by Gasteiger charge is -2.49. The first-order valence-electron chi connectivity index (χ1n) is 9.82. The van der Waals surface area contributed by atoms with Crippen LogP contribution in [0.4, 0.5) is 5.82 Å². The molecule has 1 unspecified atom stereocenters. The predicted octanol–water partition coefficient (Wildman–Crippen LogP) is 2.33. The lowest BCUT2D eigenvalue weighted by atomic mass is 9.90. The Bertz CT molecular complexity index is 1230. The SMILES string of the molecule is CCC12COCCN1c1nc(-c3cn[nH]c3-c3nccs3)ncc1-n1c(C)nnc12. The molecule has 0 aromatic carbocycles. The van der Waals surface area contributed by atoms with E-state index < -0.39 is 5.54 Å². The number of aryl methyl sites for hydroxylation is 1. The van der Waals surface area contributed by atoms with E-state index in [0.29, 0.717) is 19.0 Å². The molecular weight excluding hydrogens is 402 g/mol. The van der Waals surface area contributed by atoms with E-state index in [2.05, 4.69) is 46.8 Å². The van der Waals surface area contributed by atoms with Crippen LogP contribution in [0.25, 0.3) is 27.8 Å². The second kappa shape index (κ2) is 6.41. The van der Waals surface area contributed by atoms with Gasteiger partial charge in [-0.15, -0.1) is 21.5 Å². The highest BCUT2D eigenvalue weighted by molar-refractivity contribution is 7.13. The second-order valence-electron chi connectivity index (χ2n) is 7.39. The molecule has 6 heterocycles. The van der Waals surface area contributed by atoms with Gasteiger partial charge in [-0.3, -0.25) is 9.67 Å². The molecular formula is C19H19N9OS. The standard InChI is InChI=1S/C19H19N9OS/c1-3-19-10-29-6-5-27(19)16-13(28-11(2)24-26-18(19)28)9-21-15(23-16)12-8-22-25-14(12)17-20-4-7-30-17/h4,7-9H,3,5-6,10H2,1-2H3,(H,22,25). The number of nitrogens with one attached hydrogen (secondary N) is 1. The van der Waals surface area contributed by atoms with Crippen LogP contribution in [0.1, 0.15) is 25.0 Å². The van der Waals surface area contributed by atoms with E-state index >= 15 is 0 Å². The van der Waals surface area contributed by atoms with Crippen molar-refractivity contribution in [2.24, 2.45) is 0 Å². The van der Waals surface area contributed by atoms with Gasteiger partial charge in [0.1, 0.15) is 27.8 Å². The van der Waals surface area contributed by atoms with Crippen molar-refractivity contribution in [2.75, 3.05) is 24.7 Å². The van der Waals surface area contributed by atoms with Crippen molar-refractivity contribution in [3.8, 4) is 27.8 Å². The molecule has 30 heavy (non-hydrogen) atoms. The Morgan fingerprint density at radius 3 is 3.03 bits per heavy atom. The molecule has 6 rings (SSSR count). The Morgan fingerprint density at radius 2 is 2.20 bits per heavy atom. The third-order valence-electron chi connectivity index (χ3n) is 5.92. The lowest BCUT2D eigenvalue weighted by Crippen LogP contribution is -2.58. The second-order valence-corrected chi connectivity index (χ2v) is 8.29. The molecule has 0 amide bonds. The molecule has 1 fully saturated rings. The van der Waals surface area contributed by atoms with Gasteiger partial charge in [-0.05, 0) is 13.3 Å². The van der Waals surface area contributed by atoms with E-state index in [-0.39, 0.29) is 0 Å². The molecule has 1 N–H and O–H groups in total. The summed E-state index contributed by atoms with van der Waals surface area (Å²) in [5.41, 5.74) is 2.15. The number of nitrogens with zero attached hydrogens (tertiary/aromatic N) is 8. The maximum absolute atomic E-state index is 5.90. The number of rotatable bonds is 3. The smallest absolute Gasteiger partial charge is 0.166 e. The molecule has 0 bridgehead atoms. The summed E-state index contributed by atoms with van der Waals surface area (Å²) in [5.74, 6) is 3.18. The Labute approximate surface area is 176 Å². The zero-order valence-electron chi connectivity index (χ0n) is 16.5. The molecule has 152 valence electrons. The van der Waals surface area contributed by atoms with Crippen LogP contribution < -0.4 is 4.90 Å². The minimum absolute atomic E-state index is 0.396. The van der Waals surface area contributed by atoms with Gasteiger partial charge in [0.05, 0.1) is 31.2 Å². The number of hydrogen-bond donors (Lipinski definition) is 1. The van der Waals surface area contributed by atoms with E-state index in [1.54, 1.807) is 23.7 Å². The quantitative estimate of drug-likeness (QED) is 0.537. The summed E-state index contributed by atoms with van der Waals surface area (Å²) < 4.78 is 7.96. The Morgan fingerprint density at radius 1 is 1.27 bits per heavy atom. The van der Waals surface area contributed by atoms with Gasteiger partial charge in [0, 0.05) is 18.1 Å². The first kappa shape index (κ1) is 17.7. The zero-order valence-corrected chi connectivity index (χ0v) is 17.3. The van der Waals surface area contributed by atoms with Crippen molar-refractivity contribution in [3.63, 3.8) is 0 Å². The first-order chi connectivity index (χ1) is 14.7. The number of thiazole rings is 1. The highest BCUT2D eigenvalue weighted by Gasteiger charge is 2.49. The van der Waals surface area contributed by atoms with Crippen molar-refractivity contribution in [1.82, 2.24) is 39.9 Å². The van der Waals surface area contributed by atoms with Crippen LogP contribution in [0.15, 0.2) is 24.0 Å². The number of ether oxygens (including phenoxy) is 1. The molecule has 2 aliphatic heterocycles. The Kier molecular flexibility index (Phi) is 3.77. The van der Waals surface area contributed by atoms with Crippen LogP contribution in [-0.2, 0) is 10.3 Å². The van der Waals surface area contributed by atoms with Gasteiger partial charge in [-0.2, -0.15) is 5.10 Å². The molecule has 11 heteroatoms. The summed E-state index contributed by atoms with van der Waals surface area (Å²) in [7, 11) is 0. The van der Waals surface area contributed by atoms with Gasteiger partial charge in [-0.25, -0.2) is 15.0 Å². The Hall–Kier alpha value is -3.18. The fourth-order valence-electron chi connectivity index (χ4n) is 4.40. The average molecular weight is 421 g/mol. The molecule has 0 aliphatic carbocycles. The van der Waals surface area contributed by atoms with Crippen LogP contribution in [0.5, 0.6) is 0 Å². The molecule has 1 atom stereocenters. The number of aromatic nitrogens is 8. The van der Waals surface area contributed by atoms with Crippen LogP contribution in [0, 0.1) is 6.92 Å². The average Bonchev–Trinajstić information content (AvgIpc) is 3.54. The number of morpholine rings is 1. The predicted molar refractivity (Wildman–Crippen MR) is 111 cm³/mol. The van der Waals surface area contributed by atoms with Crippen molar-refractivity contribution < 1.29 is 4.74 Å². The van der Waals surface area contributed by atoms with Crippen LogP contribution in [-0.4, -0.2) is 59.7 Å². The third kappa shape index (κ3) is 2.27. The zero-order chi connectivity index (χ0) is 20.3. The minimum atomic E-state index is -0.396. The molecule has 0 spiro atoms. The highest BCUT2D eigenvalue weighted by atomic mass is 32.1. The maximum Gasteiger partial charge on any atom is 0.166 e. The van der Waals surface area contributed by atoms with Crippen molar-refractivity contribution in [2.45, 2.75) is 25.8 Å². The molecule has 4 aromatic rings. The van der Waals surface area contributed by atoms with Gasteiger partial charge in [0.15, 0.2) is 17.5 Å². The summed E-state index contributed by atoms with van der Waals surface area (Å²) >= 11 is 1.55. The minimum Gasteiger partial charge on any atom is -0.377 e. The largest absolute Gasteiger partial charge is 0.377 e. The van der Waals surface area contributed by atoms with E-state index in [9.17, 15) is 0 Å². The molecule has 10 nitrogen and oxygen atoms in total. The van der Waals surface area contributed by atoms with Gasteiger partial charge in [0.2, 0.25) is 0 Å². The summed E-state index contributed by atoms with van der Waals surface area (Å²) in [6.07, 6.45) is 6.21. The number of H-pyrrole nitrogens is 1. The lowest BCUT2D eigenvalue weighted by molar-refractivity contribution is 0.0390. The summed E-state index contributed by atoms with van der Waals surface area (Å²) in [6, 6.07) is 0. The monoisotopic (exact) mass is 421 g/mol. The van der Waals surface area contributed by atoms with Gasteiger partial charge in [0.25, 0.3) is 0 Å². The fraction of sp³-hybridized carbons (Fsp3) is 0.368. The van der Waals surface area contributed by atoms with E-state index in [0.717, 1.165) is 52.4 Å². The summed E-state index contributed by atoms with van der Waals surface area (Å²) in [4.78, 5) is 16.4. The van der Waals surface area contributed by atoms with Crippen molar-refractivity contribution in [1.29, 1.82) is 0 Å². The molecule has 1 saturated heterocycles.